The second kappa shape index (κ2) is 6.99. The van der Waals surface area contributed by atoms with Crippen LogP contribution in [0.5, 0.6) is 0 Å². The van der Waals surface area contributed by atoms with Gasteiger partial charge in [-0.3, -0.25) is 10.1 Å². The van der Waals surface area contributed by atoms with E-state index in [9.17, 15) is 22.8 Å². The van der Waals surface area contributed by atoms with Crippen LogP contribution in [0.4, 0.5) is 23.7 Å². The summed E-state index contributed by atoms with van der Waals surface area (Å²) in [5.41, 5.74) is 3.18. The maximum atomic E-state index is 12.8. The topological polar surface area (TPSA) is 81.4 Å². The number of rotatable bonds is 4. The van der Waals surface area contributed by atoms with Gasteiger partial charge >= 0.3 is 12.3 Å². The number of benzene rings is 1. The predicted octanol–water partition coefficient (Wildman–Crippen LogP) is 3.58. The van der Waals surface area contributed by atoms with Gasteiger partial charge in [-0.05, 0) is 45.5 Å². The van der Waals surface area contributed by atoms with E-state index in [-0.39, 0.29) is 24.2 Å². The number of anilines is 1. The highest BCUT2D eigenvalue weighted by Gasteiger charge is 2.32. The van der Waals surface area contributed by atoms with Crippen LogP contribution < -0.4 is 11.1 Å². The lowest BCUT2D eigenvalue weighted by atomic mass is 10.0. The number of halogens is 3. The third-order valence-corrected chi connectivity index (χ3v) is 2.65. The number of hydrogen-bond donors (Lipinski definition) is 2. The van der Waals surface area contributed by atoms with Gasteiger partial charge in [-0.25, -0.2) is 4.79 Å². The smallest absolute Gasteiger partial charge is 0.416 e. The molecule has 0 unspecified atom stereocenters. The van der Waals surface area contributed by atoms with Crippen LogP contribution in [0.15, 0.2) is 18.2 Å². The van der Waals surface area contributed by atoms with E-state index in [2.05, 4.69) is 5.32 Å². The second-order valence-corrected chi connectivity index (χ2v) is 5.85. The summed E-state index contributed by atoms with van der Waals surface area (Å²) in [5, 5.41) is 2.20. The summed E-state index contributed by atoms with van der Waals surface area (Å²) in [6.45, 7) is 4.88. The molecule has 0 aliphatic rings. The number of carbonyl (C=O) groups excluding carboxylic acids is 2. The van der Waals surface area contributed by atoms with Gasteiger partial charge in [0.2, 0.25) is 0 Å². The van der Waals surface area contributed by atoms with Gasteiger partial charge in [0.25, 0.3) is 0 Å². The van der Waals surface area contributed by atoms with Crippen molar-refractivity contribution in [3.05, 3.63) is 29.3 Å². The van der Waals surface area contributed by atoms with Crippen molar-refractivity contribution in [3.8, 4) is 0 Å². The summed E-state index contributed by atoms with van der Waals surface area (Å²) in [4.78, 5) is 23.7. The van der Waals surface area contributed by atoms with E-state index in [4.69, 9.17) is 10.5 Å². The maximum absolute atomic E-state index is 12.8. The molecule has 1 aromatic rings. The zero-order valence-electron chi connectivity index (χ0n) is 13.1. The van der Waals surface area contributed by atoms with Crippen molar-refractivity contribution in [2.45, 2.75) is 39.0 Å². The van der Waals surface area contributed by atoms with Crippen LogP contribution in [-0.2, 0) is 10.9 Å². The van der Waals surface area contributed by atoms with E-state index in [1.54, 1.807) is 20.8 Å². The van der Waals surface area contributed by atoms with Crippen LogP contribution in [0, 0.1) is 0 Å². The SMILES string of the molecule is CC(C)(C)OC(=O)Nc1cc(C(F)(F)F)ccc1C(=O)CCN. The molecule has 1 amide bonds. The number of alkyl halides is 3. The van der Waals surface area contributed by atoms with Crippen molar-refractivity contribution in [3.63, 3.8) is 0 Å². The number of amides is 1. The van der Waals surface area contributed by atoms with Gasteiger partial charge in [0.05, 0.1) is 11.3 Å². The number of hydrogen-bond acceptors (Lipinski definition) is 4. The molecule has 0 fully saturated rings. The lowest BCUT2D eigenvalue weighted by Crippen LogP contribution is -2.28. The van der Waals surface area contributed by atoms with Gasteiger partial charge in [-0.1, -0.05) is 0 Å². The molecule has 0 spiro atoms. The first-order chi connectivity index (χ1) is 10.4. The Hall–Kier alpha value is -2.09. The highest BCUT2D eigenvalue weighted by molar-refractivity contribution is 6.04. The first-order valence-corrected chi connectivity index (χ1v) is 6.88. The van der Waals surface area contributed by atoms with Crippen LogP contribution in [0.2, 0.25) is 0 Å². The molecule has 0 bridgehead atoms. The minimum Gasteiger partial charge on any atom is -0.444 e. The van der Waals surface area contributed by atoms with Crippen LogP contribution in [-0.4, -0.2) is 24.0 Å². The Labute approximate surface area is 132 Å². The van der Waals surface area contributed by atoms with E-state index < -0.39 is 29.2 Å². The lowest BCUT2D eigenvalue weighted by molar-refractivity contribution is -0.137. The predicted molar refractivity (Wildman–Crippen MR) is 79.3 cm³/mol. The fourth-order valence-corrected chi connectivity index (χ4v) is 1.75. The number of ketones is 1. The minimum absolute atomic E-state index is 0.0469. The lowest BCUT2D eigenvalue weighted by Gasteiger charge is -2.21. The molecule has 0 atom stereocenters. The van der Waals surface area contributed by atoms with Crippen molar-refractivity contribution >= 4 is 17.6 Å². The monoisotopic (exact) mass is 332 g/mol. The average Bonchev–Trinajstić information content (AvgIpc) is 2.35. The Morgan fingerprint density at radius 1 is 1.22 bits per heavy atom. The summed E-state index contributed by atoms with van der Waals surface area (Å²) in [5.74, 6) is -0.465. The quantitative estimate of drug-likeness (QED) is 0.826. The standard InChI is InChI=1S/C15H19F3N2O3/c1-14(2,3)23-13(22)20-11-8-9(15(16,17)18)4-5-10(11)12(21)6-7-19/h4-5,8H,6-7,19H2,1-3H3,(H,20,22). The third kappa shape index (κ3) is 5.90. The van der Waals surface area contributed by atoms with E-state index in [1.807, 2.05) is 0 Å². The van der Waals surface area contributed by atoms with Gasteiger partial charge in [-0.15, -0.1) is 0 Å². The molecule has 8 heteroatoms. The van der Waals surface area contributed by atoms with Gasteiger partial charge < -0.3 is 10.5 Å². The molecular formula is C15H19F3N2O3. The Kier molecular flexibility index (Phi) is 5.76. The Morgan fingerprint density at radius 2 is 1.83 bits per heavy atom. The summed E-state index contributed by atoms with van der Waals surface area (Å²) >= 11 is 0. The van der Waals surface area contributed by atoms with Crippen LogP contribution in [0.3, 0.4) is 0 Å². The normalized spacial score (nSPS) is 12.0. The molecule has 0 saturated heterocycles. The van der Waals surface area contributed by atoms with Gasteiger partial charge in [0, 0.05) is 12.0 Å². The number of carbonyl (C=O) groups is 2. The fraction of sp³-hybridized carbons (Fsp3) is 0.467. The summed E-state index contributed by atoms with van der Waals surface area (Å²) in [7, 11) is 0. The van der Waals surface area contributed by atoms with Crippen LogP contribution >= 0.6 is 0 Å². The third-order valence-electron chi connectivity index (χ3n) is 2.65. The number of ether oxygens (including phenoxy) is 1. The van der Waals surface area contributed by atoms with Crippen molar-refractivity contribution in [2.24, 2.45) is 5.73 Å². The van der Waals surface area contributed by atoms with E-state index in [1.165, 1.54) is 0 Å². The molecule has 0 radical (unpaired) electrons. The molecule has 0 aromatic heterocycles. The fourth-order valence-electron chi connectivity index (χ4n) is 1.75. The number of Topliss-reactive ketones (excluding diaryl/α,β-unsaturated/α-hetero) is 1. The van der Waals surface area contributed by atoms with Gasteiger partial charge in [-0.2, -0.15) is 13.2 Å². The highest BCUT2D eigenvalue weighted by atomic mass is 19.4. The summed E-state index contributed by atoms with van der Waals surface area (Å²) in [6.07, 6.45) is -5.59. The van der Waals surface area contributed by atoms with Crippen molar-refractivity contribution in [2.75, 3.05) is 11.9 Å². The molecule has 1 aromatic carbocycles. The zero-order valence-corrected chi connectivity index (χ0v) is 13.1. The second-order valence-electron chi connectivity index (χ2n) is 5.85. The molecule has 0 saturated carbocycles. The van der Waals surface area contributed by atoms with E-state index >= 15 is 0 Å². The molecule has 1 rings (SSSR count). The largest absolute Gasteiger partial charge is 0.444 e. The molecule has 0 aliphatic carbocycles. The van der Waals surface area contributed by atoms with Crippen molar-refractivity contribution in [1.82, 2.24) is 0 Å². The van der Waals surface area contributed by atoms with E-state index in [0.717, 1.165) is 12.1 Å². The maximum Gasteiger partial charge on any atom is 0.416 e. The number of nitrogens with one attached hydrogen (secondary N) is 1. The Morgan fingerprint density at radius 3 is 2.30 bits per heavy atom. The van der Waals surface area contributed by atoms with Crippen molar-refractivity contribution < 1.29 is 27.5 Å². The molecular weight excluding hydrogens is 313 g/mol. The molecule has 128 valence electrons. The summed E-state index contributed by atoms with van der Waals surface area (Å²) in [6, 6.07) is 2.51. The van der Waals surface area contributed by atoms with Gasteiger partial charge in [0.15, 0.2) is 5.78 Å². The minimum atomic E-state index is -4.60. The summed E-state index contributed by atoms with van der Waals surface area (Å²) < 4.78 is 43.4. The first-order valence-electron chi connectivity index (χ1n) is 6.88. The highest BCUT2D eigenvalue weighted by Crippen LogP contribution is 2.32. The van der Waals surface area contributed by atoms with Crippen LogP contribution in [0.1, 0.15) is 43.1 Å². The molecule has 23 heavy (non-hydrogen) atoms. The van der Waals surface area contributed by atoms with Crippen LogP contribution in [0.25, 0.3) is 0 Å². The average molecular weight is 332 g/mol. The van der Waals surface area contributed by atoms with Gasteiger partial charge in [0.1, 0.15) is 5.60 Å². The first kappa shape index (κ1) is 19.0. The molecule has 0 heterocycles. The Balaban J connectivity index is 3.18. The molecule has 0 aliphatic heterocycles. The molecule has 5 nitrogen and oxygen atoms in total. The van der Waals surface area contributed by atoms with Crippen molar-refractivity contribution in [1.29, 1.82) is 0 Å². The van der Waals surface area contributed by atoms with E-state index in [0.29, 0.717) is 6.07 Å². The number of nitrogens with two attached hydrogens (primary N) is 1. The zero-order chi connectivity index (χ0) is 17.8. The molecule has 3 N–H and O–H groups in total. The Bertz CT molecular complexity index is 593.